The largest absolute Gasteiger partial charge is 0.484 e. The van der Waals surface area contributed by atoms with Crippen molar-refractivity contribution in [2.45, 2.75) is 6.18 Å². The van der Waals surface area contributed by atoms with E-state index in [0.29, 0.717) is 11.4 Å². The lowest BCUT2D eigenvalue weighted by Gasteiger charge is -2.32. The first kappa shape index (κ1) is 23.5. The second-order valence-electron chi connectivity index (χ2n) is 8.01. The average Bonchev–Trinajstić information content (AvgIpc) is 2.83. The minimum absolute atomic E-state index is 0.0329. The summed E-state index contributed by atoms with van der Waals surface area (Å²) < 4.78 is 43.7. The van der Waals surface area contributed by atoms with Gasteiger partial charge in [0, 0.05) is 37.4 Å². The fourth-order valence-electron chi connectivity index (χ4n) is 3.55. The molecule has 1 N–H and O–H groups in total. The number of likely N-dealkylation sites (N-methyl/N-ethyl adjacent to an activating group) is 1. The van der Waals surface area contributed by atoms with Gasteiger partial charge >= 0.3 is 6.18 Å². The summed E-state index contributed by atoms with van der Waals surface area (Å²) in [6.45, 7) is 3.32. The first-order valence-electron chi connectivity index (χ1n) is 10.8. The molecule has 10 heteroatoms. The summed E-state index contributed by atoms with van der Waals surface area (Å²) in [5, 5.41) is 11.4. The Balaban J connectivity index is 1.36. The molecule has 1 aliphatic heterocycles. The maximum Gasteiger partial charge on any atom is 0.416 e. The van der Waals surface area contributed by atoms with Crippen molar-refractivity contribution in [3.05, 3.63) is 66.2 Å². The minimum Gasteiger partial charge on any atom is -0.484 e. The van der Waals surface area contributed by atoms with Crippen molar-refractivity contribution in [1.82, 2.24) is 15.1 Å². The fourth-order valence-corrected chi connectivity index (χ4v) is 3.55. The zero-order chi connectivity index (χ0) is 24.1. The van der Waals surface area contributed by atoms with Crippen LogP contribution in [0.2, 0.25) is 0 Å². The van der Waals surface area contributed by atoms with Gasteiger partial charge in [0.2, 0.25) is 0 Å². The predicted molar refractivity (Wildman–Crippen MR) is 123 cm³/mol. The molecule has 1 fully saturated rings. The molecule has 0 bridgehead atoms. The molecule has 7 nitrogen and oxygen atoms in total. The SMILES string of the molecule is CN1CCN(c2ccc(-c3cccc(NC(=O)COc4cccc(C(F)(F)F)c4)c3)nn2)CC1. The van der Waals surface area contributed by atoms with Gasteiger partial charge < -0.3 is 19.9 Å². The topological polar surface area (TPSA) is 70.6 Å². The van der Waals surface area contributed by atoms with Crippen molar-refractivity contribution in [1.29, 1.82) is 0 Å². The number of benzene rings is 2. The van der Waals surface area contributed by atoms with Gasteiger partial charge in [-0.15, -0.1) is 10.2 Å². The molecule has 34 heavy (non-hydrogen) atoms. The number of carbonyl (C=O) groups is 1. The van der Waals surface area contributed by atoms with Crippen molar-refractivity contribution in [2.75, 3.05) is 50.1 Å². The van der Waals surface area contributed by atoms with Crippen molar-refractivity contribution < 1.29 is 22.7 Å². The summed E-state index contributed by atoms with van der Waals surface area (Å²) in [5.74, 6) is 0.300. The molecule has 0 aliphatic carbocycles. The van der Waals surface area contributed by atoms with Crippen LogP contribution in [0.5, 0.6) is 5.75 Å². The van der Waals surface area contributed by atoms with Crippen LogP contribution in [0.3, 0.4) is 0 Å². The number of rotatable bonds is 6. The molecule has 1 amide bonds. The summed E-state index contributed by atoms with van der Waals surface area (Å²) in [5.41, 5.74) is 1.11. The highest BCUT2D eigenvalue weighted by Gasteiger charge is 2.30. The third-order valence-corrected chi connectivity index (χ3v) is 5.45. The maximum absolute atomic E-state index is 12.8. The van der Waals surface area contributed by atoms with E-state index in [1.165, 1.54) is 12.1 Å². The van der Waals surface area contributed by atoms with Crippen LogP contribution in [0, 0.1) is 0 Å². The lowest BCUT2D eigenvalue weighted by Crippen LogP contribution is -2.44. The van der Waals surface area contributed by atoms with Crippen molar-refractivity contribution in [3.8, 4) is 17.0 Å². The van der Waals surface area contributed by atoms with Gasteiger partial charge in [-0.1, -0.05) is 18.2 Å². The van der Waals surface area contributed by atoms with Crippen LogP contribution in [0.4, 0.5) is 24.7 Å². The molecule has 0 radical (unpaired) electrons. The minimum atomic E-state index is -4.48. The standard InChI is InChI=1S/C24H24F3N5O2/c1-31-10-12-32(13-11-31)22-9-8-21(29-30-22)17-4-2-6-19(14-17)28-23(33)16-34-20-7-3-5-18(15-20)24(25,26)27/h2-9,14-15H,10-13,16H2,1H3,(H,28,33). The Labute approximate surface area is 195 Å². The summed E-state index contributed by atoms with van der Waals surface area (Å²) in [4.78, 5) is 16.7. The van der Waals surface area contributed by atoms with E-state index in [0.717, 1.165) is 49.7 Å². The van der Waals surface area contributed by atoms with Crippen LogP contribution in [-0.4, -0.2) is 60.8 Å². The molecule has 0 saturated carbocycles. The normalized spacial score (nSPS) is 14.6. The molecule has 1 aromatic heterocycles. The number of aromatic nitrogens is 2. The molecular weight excluding hydrogens is 447 g/mol. The van der Waals surface area contributed by atoms with Crippen LogP contribution in [-0.2, 0) is 11.0 Å². The van der Waals surface area contributed by atoms with Crippen LogP contribution >= 0.6 is 0 Å². The molecule has 0 atom stereocenters. The van der Waals surface area contributed by atoms with Gasteiger partial charge in [0.15, 0.2) is 12.4 Å². The van der Waals surface area contributed by atoms with E-state index in [1.54, 1.807) is 18.2 Å². The second kappa shape index (κ2) is 10.1. The Kier molecular flexibility index (Phi) is 6.97. The van der Waals surface area contributed by atoms with Gasteiger partial charge in [0.05, 0.1) is 11.3 Å². The number of amides is 1. The third-order valence-electron chi connectivity index (χ3n) is 5.45. The van der Waals surface area contributed by atoms with Crippen LogP contribution in [0.25, 0.3) is 11.3 Å². The number of carbonyl (C=O) groups excluding carboxylic acids is 1. The van der Waals surface area contributed by atoms with E-state index in [2.05, 4.69) is 32.4 Å². The molecule has 3 aromatic rings. The van der Waals surface area contributed by atoms with Gasteiger partial charge in [0.1, 0.15) is 5.75 Å². The highest BCUT2D eigenvalue weighted by atomic mass is 19.4. The smallest absolute Gasteiger partial charge is 0.416 e. The summed E-state index contributed by atoms with van der Waals surface area (Å²) in [6, 6.07) is 15.3. The number of halogens is 3. The number of nitrogens with zero attached hydrogens (tertiary/aromatic N) is 4. The Bertz CT molecular complexity index is 1130. The summed E-state index contributed by atoms with van der Waals surface area (Å²) >= 11 is 0. The number of ether oxygens (including phenoxy) is 1. The number of piperazine rings is 1. The molecule has 0 unspecified atom stereocenters. The number of anilines is 2. The van der Waals surface area contributed by atoms with Crippen LogP contribution in [0.1, 0.15) is 5.56 Å². The maximum atomic E-state index is 12.8. The first-order valence-corrected chi connectivity index (χ1v) is 10.8. The molecule has 2 heterocycles. The number of alkyl halides is 3. The van der Waals surface area contributed by atoms with Crippen LogP contribution < -0.4 is 15.0 Å². The molecule has 2 aromatic carbocycles. The Morgan fingerprint density at radius 3 is 2.47 bits per heavy atom. The first-order chi connectivity index (χ1) is 16.3. The highest BCUT2D eigenvalue weighted by Crippen LogP contribution is 2.31. The van der Waals surface area contributed by atoms with Gasteiger partial charge in [-0.3, -0.25) is 4.79 Å². The van der Waals surface area contributed by atoms with E-state index >= 15 is 0 Å². The van der Waals surface area contributed by atoms with E-state index in [4.69, 9.17) is 4.74 Å². The Hall–Kier alpha value is -3.66. The van der Waals surface area contributed by atoms with E-state index in [-0.39, 0.29) is 5.75 Å². The molecular formula is C24H24F3N5O2. The predicted octanol–water partition coefficient (Wildman–Crippen LogP) is 3.93. The number of hydrogen-bond acceptors (Lipinski definition) is 6. The van der Waals surface area contributed by atoms with E-state index in [1.807, 2.05) is 18.2 Å². The van der Waals surface area contributed by atoms with Gasteiger partial charge in [-0.25, -0.2) is 0 Å². The number of nitrogens with one attached hydrogen (secondary N) is 1. The average molecular weight is 471 g/mol. The Morgan fingerprint density at radius 1 is 1.00 bits per heavy atom. The van der Waals surface area contributed by atoms with Crippen molar-refractivity contribution >= 4 is 17.4 Å². The van der Waals surface area contributed by atoms with E-state index < -0.39 is 24.3 Å². The van der Waals surface area contributed by atoms with Crippen molar-refractivity contribution in [3.63, 3.8) is 0 Å². The monoisotopic (exact) mass is 471 g/mol. The zero-order valence-electron chi connectivity index (χ0n) is 18.5. The third kappa shape index (κ3) is 6.02. The molecule has 1 saturated heterocycles. The summed E-state index contributed by atoms with van der Waals surface area (Å²) in [7, 11) is 2.09. The molecule has 4 rings (SSSR count). The lowest BCUT2D eigenvalue weighted by molar-refractivity contribution is -0.137. The van der Waals surface area contributed by atoms with Gasteiger partial charge in [-0.05, 0) is 49.5 Å². The van der Waals surface area contributed by atoms with Crippen LogP contribution in [0.15, 0.2) is 60.7 Å². The number of hydrogen-bond donors (Lipinski definition) is 1. The lowest BCUT2D eigenvalue weighted by atomic mass is 10.1. The highest BCUT2D eigenvalue weighted by molar-refractivity contribution is 5.92. The van der Waals surface area contributed by atoms with Gasteiger partial charge in [0.25, 0.3) is 5.91 Å². The van der Waals surface area contributed by atoms with E-state index in [9.17, 15) is 18.0 Å². The molecule has 1 aliphatic rings. The molecule has 0 spiro atoms. The molecule has 178 valence electrons. The van der Waals surface area contributed by atoms with Crippen molar-refractivity contribution in [2.24, 2.45) is 0 Å². The quantitative estimate of drug-likeness (QED) is 0.588. The Morgan fingerprint density at radius 2 is 1.76 bits per heavy atom. The zero-order valence-corrected chi connectivity index (χ0v) is 18.5. The fraction of sp³-hybridized carbons (Fsp3) is 0.292. The second-order valence-corrected chi connectivity index (χ2v) is 8.01. The van der Waals surface area contributed by atoms with Gasteiger partial charge in [-0.2, -0.15) is 13.2 Å². The summed E-state index contributed by atoms with van der Waals surface area (Å²) in [6.07, 6.45) is -4.48.